The van der Waals surface area contributed by atoms with Crippen LogP contribution in [0.4, 0.5) is 0 Å². The first-order valence-electron chi connectivity index (χ1n) is 5.03. The molecule has 4 N–H and O–H groups in total. The van der Waals surface area contributed by atoms with Gasteiger partial charge < -0.3 is 20.4 Å². The number of carboxylic acid groups (broad SMARTS) is 4. The Morgan fingerprint density at radius 1 is 0.600 bits per heavy atom. The van der Waals surface area contributed by atoms with Crippen molar-refractivity contribution in [3.8, 4) is 0 Å². The second kappa shape index (κ2) is 5.65. The highest BCUT2D eigenvalue weighted by atomic mass is 16.4. The molecule has 0 bridgehead atoms. The van der Waals surface area contributed by atoms with E-state index >= 15 is 0 Å². The highest BCUT2D eigenvalue weighted by Gasteiger charge is 2.21. The largest absolute Gasteiger partial charge is 0.478 e. The van der Waals surface area contributed by atoms with Gasteiger partial charge in [0, 0.05) is 0 Å². The third-order valence-corrected chi connectivity index (χ3v) is 2.29. The fourth-order valence-electron chi connectivity index (χ4n) is 1.37. The summed E-state index contributed by atoms with van der Waals surface area (Å²) in [4.78, 5) is 43.8. The Morgan fingerprint density at radius 3 is 1.50 bits per heavy atom. The lowest BCUT2D eigenvalue weighted by molar-refractivity contribution is -0.135. The van der Waals surface area contributed by atoms with Gasteiger partial charge in [-0.1, -0.05) is 0 Å². The minimum absolute atomic E-state index is 0.484. The molecule has 104 valence electrons. The van der Waals surface area contributed by atoms with Crippen molar-refractivity contribution in [2.45, 2.75) is 0 Å². The summed E-state index contributed by atoms with van der Waals surface area (Å²) in [5.74, 6) is -6.32. The van der Waals surface area contributed by atoms with Gasteiger partial charge in [-0.3, -0.25) is 0 Å². The van der Waals surface area contributed by atoms with Crippen LogP contribution < -0.4 is 0 Å². The molecule has 0 spiro atoms. The maximum Gasteiger partial charge on any atom is 0.336 e. The molecular formula is C12H8O8. The summed E-state index contributed by atoms with van der Waals surface area (Å²) in [5.41, 5.74) is -2.61. The van der Waals surface area contributed by atoms with Gasteiger partial charge in [-0.25, -0.2) is 19.2 Å². The monoisotopic (exact) mass is 280 g/mol. The van der Waals surface area contributed by atoms with E-state index in [1.165, 1.54) is 0 Å². The lowest BCUT2D eigenvalue weighted by atomic mass is 9.99. The van der Waals surface area contributed by atoms with Crippen LogP contribution in [0.2, 0.25) is 0 Å². The van der Waals surface area contributed by atoms with Crippen LogP contribution >= 0.6 is 0 Å². The zero-order chi connectivity index (χ0) is 15.4. The Labute approximate surface area is 111 Å². The third kappa shape index (κ3) is 3.19. The Bertz CT molecular complexity index is 630. The Kier molecular flexibility index (Phi) is 4.21. The number of carbonyl (C=O) groups is 4. The quantitative estimate of drug-likeness (QED) is 0.564. The van der Waals surface area contributed by atoms with Gasteiger partial charge in [0.15, 0.2) is 0 Å². The normalized spacial score (nSPS) is 14.8. The molecule has 0 unspecified atom stereocenters. The molecule has 1 aliphatic rings. The van der Waals surface area contributed by atoms with E-state index < -0.39 is 46.2 Å². The predicted octanol–water partition coefficient (Wildman–Crippen LogP) is 0.0440. The van der Waals surface area contributed by atoms with E-state index in [4.69, 9.17) is 20.4 Å². The molecule has 0 fully saturated rings. The molecule has 8 heteroatoms. The highest BCUT2D eigenvalue weighted by molar-refractivity contribution is 6.06. The first-order valence-corrected chi connectivity index (χ1v) is 5.03. The van der Waals surface area contributed by atoms with Gasteiger partial charge in [0.25, 0.3) is 0 Å². The summed E-state index contributed by atoms with van der Waals surface area (Å²) >= 11 is 0. The molecule has 0 saturated heterocycles. The van der Waals surface area contributed by atoms with Crippen LogP contribution in [0.1, 0.15) is 0 Å². The first-order chi connectivity index (χ1) is 9.23. The van der Waals surface area contributed by atoms with E-state index in [2.05, 4.69) is 0 Å². The fraction of sp³-hybridized carbons (Fsp3) is 0. The van der Waals surface area contributed by atoms with Gasteiger partial charge in [-0.05, 0) is 24.3 Å². The molecule has 0 radical (unpaired) electrons. The second-order valence-corrected chi connectivity index (χ2v) is 3.58. The molecular weight excluding hydrogens is 272 g/mol. The summed E-state index contributed by atoms with van der Waals surface area (Å²) in [7, 11) is 0. The van der Waals surface area contributed by atoms with Crippen LogP contribution in [-0.4, -0.2) is 44.3 Å². The zero-order valence-corrected chi connectivity index (χ0v) is 9.73. The van der Waals surface area contributed by atoms with Crippen LogP contribution in [0.15, 0.2) is 46.6 Å². The smallest absolute Gasteiger partial charge is 0.336 e. The van der Waals surface area contributed by atoms with Crippen molar-refractivity contribution in [3.05, 3.63) is 46.6 Å². The van der Waals surface area contributed by atoms with Gasteiger partial charge in [0.1, 0.15) is 0 Å². The SMILES string of the molecule is O=C(O)C1=CC(C(=O)O)=CC(C(=O)O)=C(C(=O)O)C=C1. The molecule has 0 aliphatic heterocycles. The lowest BCUT2D eigenvalue weighted by Gasteiger charge is -2.06. The summed E-state index contributed by atoms with van der Waals surface area (Å²) in [5, 5.41) is 35.5. The number of rotatable bonds is 4. The van der Waals surface area contributed by atoms with Crippen molar-refractivity contribution in [2.24, 2.45) is 0 Å². The Hall–Kier alpha value is -3.16. The van der Waals surface area contributed by atoms with Crippen molar-refractivity contribution in [3.63, 3.8) is 0 Å². The van der Waals surface area contributed by atoms with Gasteiger partial charge in [-0.15, -0.1) is 0 Å². The second-order valence-electron chi connectivity index (χ2n) is 3.58. The lowest BCUT2D eigenvalue weighted by Crippen LogP contribution is -2.13. The molecule has 0 aromatic carbocycles. The predicted molar refractivity (Wildman–Crippen MR) is 62.9 cm³/mol. The van der Waals surface area contributed by atoms with Gasteiger partial charge in [0.05, 0.1) is 22.3 Å². The number of hydrogen-bond acceptors (Lipinski definition) is 4. The standard InChI is InChI=1S/C12H8O8/c13-9(14)5-1-2-7(11(17)18)8(12(19)20)4-6(3-5)10(15)16/h1-4H,(H,13,14)(H,15,16)(H,17,18)(H,19,20). The average molecular weight is 280 g/mol. The molecule has 0 aromatic heterocycles. The molecule has 1 rings (SSSR count). The van der Waals surface area contributed by atoms with Crippen molar-refractivity contribution in [1.29, 1.82) is 0 Å². The van der Waals surface area contributed by atoms with E-state index in [1.807, 2.05) is 0 Å². The molecule has 0 saturated carbocycles. The van der Waals surface area contributed by atoms with Gasteiger partial charge in [-0.2, -0.15) is 0 Å². The highest BCUT2D eigenvalue weighted by Crippen LogP contribution is 2.18. The zero-order valence-electron chi connectivity index (χ0n) is 9.73. The molecule has 0 amide bonds. The van der Waals surface area contributed by atoms with E-state index in [9.17, 15) is 19.2 Å². The Balaban J connectivity index is 3.63. The van der Waals surface area contributed by atoms with E-state index in [1.54, 1.807) is 0 Å². The third-order valence-electron chi connectivity index (χ3n) is 2.29. The minimum Gasteiger partial charge on any atom is -0.478 e. The van der Waals surface area contributed by atoms with Crippen molar-refractivity contribution in [2.75, 3.05) is 0 Å². The van der Waals surface area contributed by atoms with E-state index in [-0.39, 0.29) is 0 Å². The Morgan fingerprint density at radius 2 is 1.10 bits per heavy atom. The molecule has 20 heavy (non-hydrogen) atoms. The molecule has 0 heterocycles. The number of aliphatic carboxylic acids is 4. The summed E-state index contributed by atoms with van der Waals surface area (Å²) in [6.07, 6.45) is 2.95. The van der Waals surface area contributed by atoms with Crippen molar-refractivity contribution < 1.29 is 39.6 Å². The van der Waals surface area contributed by atoms with Crippen molar-refractivity contribution >= 4 is 23.9 Å². The first kappa shape index (κ1) is 14.9. The summed E-state index contributed by atoms with van der Waals surface area (Å²) < 4.78 is 0. The summed E-state index contributed by atoms with van der Waals surface area (Å²) in [6.45, 7) is 0. The molecule has 0 aromatic rings. The van der Waals surface area contributed by atoms with Crippen LogP contribution in [-0.2, 0) is 19.2 Å². The van der Waals surface area contributed by atoms with Crippen LogP contribution in [0.25, 0.3) is 0 Å². The van der Waals surface area contributed by atoms with Gasteiger partial charge in [0.2, 0.25) is 0 Å². The maximum atomic E-state index is 11.0. The van der Waals surface area contributed by atoms with Crippen LogP contribution in [0, 0.1) is 0 Å². The molecule has 1 aliphatic carbocycles. The number of hydrogen-bond donors (Lipinski definition) is 4. The molecule has 8 nitrogen and oxygen atoms in total. The molecule has 0 atom stereocenters. The fourth-order valence-corrected chi connectivity index (χ4v) is 1.37. The van der Waals surface area contributed by atoms with E-state index in [0.717, 1.165) is 18.2 Å². The summed E-state index contributed by atoms with van der Waals surface area (Å²) in [6, 6.07) is 0. The average Bonchev–Trinajstić information content (AvgIpc) is 2.26. The van der Waals surface area contributed by atoms with Crippen molar-refractivity contribution in [1.82, 2.24) is 0 Å². The van der Waals surface area contributed by atoms with Gasteiger partial charge >= 0.3 is 23.9 Å². The topological polar surface area (TPSA) is 149 Å². The minimum atomic E-state index is -1.64. The maximum absolute atomic E-state index is 11.0. The number of carboxylic acids is 4. The van der Waals surface area contributed by atoms with Crippen LogP contribution in [0.3, 0.4) is 0 Å². The van der Waals surface area contributed by atoms with E-state index in [0.29, 0.717) is 6.08 Å². The van der Waals surface area contributed by atoms with Crippen LogP contribution in [0.5, 0.6) is 0 Å².